The van der Waals surface area contributed by atoms with E-state index in [0.29, 0.717) is 0 Å². The van der Waals surface area contributed by atoms with Gasteiger partial charge in [0, 0.05) is 36.6 Å². The lowest BCUT2D eigenvalue weighted by molar-refractivity contribution is -0.235. The van der Waals surface area contributed by atoms with Gasteiger partial charge >= 0.3 is 0 Å². The molecule has 5 N–H and O–H groups in total. The van der Waals surface area contributed by atoms with Gasteiger partial charge in [-0.3, -0.25) is 4.79 Å². The summed E-state index contributed by atoms with van der Waals surface area (Å²) in [5.41, 5.74) is 6.22. The molecule has 23 heavy (non-hydrogen) atoms. The Balaban J connectivity index is 2.85. The molecule has 1 fully saturated rings. The molecule has 0 radical (unpaired) electrons. The maximum atomic E-state index is 11.4. The third-order valence-corrected chi connectivity index (χ3v) is 4.03. The van der Waals surface area contributed by atoms with Gasteiger partial charge in [-0.1, -0.05) is 6.58 Å². The van der Waals surface area contributed by atoms with Crippen LogP contribution >= 0.6 is 0 Å². The summed E-state index contributed by atoms with van der Waals surface area (Å²) < 4.78 is 11.3. The van der Waals surface area contributed by atoms with E-state index in [1.807, 2.05) is 0 Å². The van der Waals surface area contributed by atoms with Crippen molar-refractivity contribution in [1.82, 2.24) is 0 Å². The molecule has 1 aliphatic heterocycles. The highest BCUT2D eigenvalue weighted by molar-refractivity contribution is 5.93. The molecule has 132 valence electrons. The number of nitrogens with two attached hydrogens (primary N) is 1. The Morgan fingerprint density at radius 3 is 2.57 bits per heavy atom. The van der Waals surface area contributed by atoms with Crippen LogP contribution in [0.4, 0.5) is 0 Å². The third kappa shape index (κ3) is 5.12. The SMILES string of the molecule is C=C(/C(O)=C(\C)C(C)=O)[C@H](CCO)OC1C[C@H](N)[C@H](O)[C@H](C)O1. The van der Waals surface area contributed by atoms with Gasteiger partial charge in [-0.2, -0.15) is 0 Å². The van der Waals surface area contributed by atoms with E-state index in [-0.39, 0.29) is 42.1 Å². The first-order valence-electron chi connectivity index (χ1n) is 7.64. The van der Waals surface area contributed by atoms with Crippen molar-refractivity contribution in [3.8, 4) is 0 Å². The zero-order valence-electron chi connectivity index (χ0n) is 13.9. The highest BCUT2D eigenvalue weighted by Crippen LogP contribution is 2.26. The normalized spacial score (nSPS) is 30.5. The summed E-state index contributed by atoms with van der Waals surface area (Å²) in [6, 6.07) is -0.491. The lowest BCUT2D eigenvalue weighted by Gasteiger charge is -2.37. The number of carbonyl (C=O) groups excluding carboxylic acids is 1. The van der Waals surface area contributed by atoms with Gasteiger partial charge in [0.05, 0.1) is 18.3 Å². The summed E-state index contributed by atoms with van der Waals surface area (Å²) in [7, 11) is 0. The molecule has 0 aromatic heterocycles. The maximum absolute atomic E-state index is 11.4. The summed E-state index contributed by atoms with van der Waals surface area (Å²) in [5, 5.41) is 29.1. The fraction of sp³-hybridized carbons (Fsp3) is 0.688. The van der Waals surface area contributed by atoms with Crippen molar-refractivity contribution >= 4 is 5.78 Å². The predicted molar refractivity (Wildman–Crippen MR) is 84.7 cm³/mol. The van der Waals surface area contributed by atoms with Crippen LogP contribution in [0, 0.1) is 0 Å². The Bertz CT molecular complexity index is 463. The number of aliphatic hydroxyl groups excluding tert-OH is 3. The lowest BCUT2D eigenvalue weighted by Crippen LogP contribution is -2.52. The van der Waals surface area contributed by atoms with Gasteiger partial charge in [0.2, 0.25) is 0 Å². The van der Waals surface area contributed by atoms with Crippen LogP contribution in [0.2, 0.25) is 0 Å². The van der Waals surface area contributed by atoms with Gasteiger partial charge < -0.3 is 30.5 Å². The van der Waals surface area contributed by atoms with Crippen molar-refractivity contribution in [2.45, 2.75) is 64.3 Å². The summed E-state index contributed by atoms with van der Waals surface area (Å²) in [6.07, 6.45) is -2.23. The summed E-state index contributed by atoms with van der Waals surface area (Å²) >= 11 is 0. The second-order valence-corrected chi connectivity index (χ2v) is 5.85. The van der Waals surface area contributed by atoms with E-state index in [1.54, 1.807) is 6.92 Å². The van der Waals surface area contributed by atoms with Crippen LogP contribution in [-0.4, -0.2) is 58.4 Å². The topological polar surface area (TPSA) is 122 Å². The van der Waals surface area contributed by atoms with Crippen LogP contribution in [0.15, 0.2) is 23.5 Å². The Kier molecular flexibility index (Phi) is 7.37. The molecule has 1 aliphatic rings. The number of ether oxygens (including phenoxy) is 2. The van der Waals surface area contributed by atoms with Gasteiger partial charge in [-0.15, -0.1) is 0 Å². The number of hydrogen-bond donors (Lipinski definition) is 4. The molecular weight excluding hydrogens is 302 g/mol. The van der Waals surface area contributed by atoms with Gasteiger partial charge in [0.15, 0.2) is 12.1 Å². The van der Waals surface area contributed by atoms with Crippen LogP contribution in [-0.2, 0) is 14.3 Å². The van der Waals surface area contributed by atoms with Crippen molar-refractivity contribution < 1.29 is 29.6 Å². The Morgan fingerprint density at radius 2 is 2.09 bits per heavy atom. The molecular formula is C16H27NO6. The summed E-state index contributed by atoms with van der Waals surface area (Å²) in [5.74, 6) is -0.525. The monoisotopic (exact) mass is 329 g/mol. The molecule has 1 unspecified atom stereocenters. The van der Waals surface area contributed by atoms with Crippen molar-refractivity contribution in [3.05, 3.63) is 23.5 Å². The Labute approximate surface area is 136 Å². The average molecular weight is 329 g/mol. The number of hydrogen-bond acceptors (Lipinski definition) is 7. The van der Waals surface area contributed by atoms with Crippen molar-refractivity contribution in [2.75, 3.05) is 6.61 Å². The van der Waals surface area contributed by atoms with E-state index in [0.717, 1.165) is 0 Å². The van der Waals surface area contributed by atoms with Gasteiger partial charge in [-0.05, 0) is 20.8 Å². The minimum absolute atomic E-state index is 0.173. The van der Waals surface area contributed by atoms with E-state index in [4.69, 9.17) is 15.2 Å². The van der Waals surface area contributed by atoms with Gasteiger partial charge in [0.1, 0.15) is 5.76 Å². The maximum Gasteiger partial charge on any atom is 0.160 e. The summed E-state index contributed by atoms with van der Waals surface area (Å²) in [4.78, 5) is 11.4. The molecule has 0 aliphatic carbocycles. The molecule has 5 atom stereocenters. The smallest absolute Gasteiger partial charge is 0.160 e. The van der Waals surface area contributed by atoms with E-state index in [2.05, 4.69) is 6.58 Å². The van der Waals surface area contributed by atoms with Crippen molar-refractivity contribution in [1.29, 1.82) is 0 Å². The Morgan fingerprint density at radius 1 is 1.48 bits per heavy atom. The van der Waals surface area contributed by atoms with Crippen LogP contribution < -0.4 is 5.73 Å². The largest absolute Gasteiger partial charge is 0.507 e. The Hall–Kier alpha value is -1.25. The number of rotatable bonds is 7. The zero-order valence-corrected chi connectivity index (χ0v) is 13.9. The second kappa shape index (κ2) is 8.56. The van der Waals surface area contributed by atoms with Crippen molar-refractivity contribution in [2.24, 2.45) is 5.73 Å². The van der Waals surface area contributed by atoms with E-state index < -0.39 is 30.6 Å². The van der Waals surface area contributed by atoms with Gasteiger partial charge in [-0.25, -0.2) is 0 Å². The molecule has 7 heteroatoms. The molecule has 1 rings (SSSR count). The minimum Gasteiger partial charge on any atom is -0.507 e. The van der Waals surface area contributed by atoms with Crippen LogP contribution in [0.1, 0.15) is 33.6 Å². The van der Waals surface area contributed by atoms with Gasteiger partial charge in [0.25, 0.3) is 0 Å². The summed E-state index contributed by atoms with van der Waals surface area (Å²) in [6.45, 7) is 8.09. The van der Waals surface area contributed by atoms with E-state index in [1.165, 1.54) is 13.8 Å². The average Bonchev–Trinajstić information content (AvgIpc) is 2.49. The molecule has 7 nitrogen and oxygen atoms in total. The van der Waals surface area contributed by atoms with E-state index in [9.17, 15) is 20.1 Å². The minimum atomic E-state index is -0.775. The van der Waals surface area contributed by atoms with Crippen LogP contribution in [0.5, 0.6) is 0 Å². The number of aliphatic hydroxyl groups is 3. The molecule has 0 aromatic carbocycles. The fourth-order valence-electron chi connectivity index (χ4n) is 2.36. The molecule has 1 heterocycles. The number of ketones is 1. The van der Waals surface area contributed by atoms with Crippen molar-refractivity contribution in [3.63, 3.8) is 0 Å². The van der Waals surface area contributed by atoms with Crippen LogP contribution in [0.3, 0.4) is 0 Å². The zero-order chi connectivity index (χ0) is 17.7. The molecule has 0 aromatic rings. The van der Waals surface area contributed by atoms with E-state index >= 15 is 0 Å². The molecule has 0 spiro atoms. The predicted octanol–water partition coefficient (Wildman–Crippen LogP) is 0.554. The van der Waals surface area contributed by atoms with Crippen LogP contribution in [0.25, 0.3) is 0 Å². The second-order valence-electron chi connectivity index (χ2n) is 5.85. The first-order valence-corrected chi connectivity index (χ1v) is 7.64. The first kappa shape index (κ1) is 19.8. The fourth-order valence-corrected chi connectivity index (χ4v) is 2.36. The number of allylic oxidation sites excluding steroid dienone is 1. The standard InChI is InChI=1S/C16H27NO6/c1-8(10(3)19)15(20)9(2)13(5-6-18)23-14-7-12(17)16(21)11(4)22-14/h11-14,16,18,20-21H,2,5-7,17H2,1,3-4H3/b15-8-/t11-,12-,13-,14?,16+/m0/s1. The molecule has 1 saturated heterocycles. The highest BCUT2D eigenvalue weighted by atomic mass is 16.7. The molecule has 0 saturated carbocycles. The number of carbonyl (C=O) groups is 1. The first-order chi connectivity index (χ1) is 10.7. The third-order valence-electron chi connectivity index (χ3n) is 4.03. The molecule has 0 bridgehead atoms. The number of Topliss-reactive ketones (excluding diaryl/α,β-unsaturated/α-hetero) is 1. The lowest BCUT2D eigenvalue weighted by atomic mass is 9.99. The quantitative estimate of drug-likeness (QED) is 0.306. The molecule has 0 amide bonds. The highest BCUT2D eigenvalue weighted by Gasteiger charge is 2.35.